The summed E-state index contributed by atoms with van der Waals surface area (Å²) in [5, 5.41) is 12.7. The second kappa shape index (κ2) is 5.32. The van der Waals surface area contributed by atoms with Crippen LogP contribution in [0.2, 0.25) is 0 Å². The Morgan fingerprint density at radius 2 is 1.95 bits per heavy atom. The Balaban J connectivity index is 1.98. The fourth-order valence-electron chi connectivity index (χ4n) is 1.46. The molecule has 20 heavy (non-hydrogen) atoms. The second-order valence-electron chi connectivity index (χ2n) is 5.38. The second-order valence-corrected chi connectivity index (χ2v) is 5.38. The van der Waals surface area contributed by atoms with Crippen molar-refractivity contribution in [2.24, 2.45) is 0 Å². The topological polar surface area (TPSA) is 85.5 Å². The Morgan fingerprint density at radius 3 is 2.45 bits per heavy atom. The minimum absolute atomic E-state index is 0.148. The van der Waals surface area contributed by atoms with Gasteiger partial charge in [-0.1, -0.05) is 25.9 Å². The zero-order valence-corrected chi connectivity index (χ0v) is 11.6. The van der Waals surface area contributed by atoms with Gasteiger partial charge >= 0.3 is 5.97 Å². The number of benzene rings is 1. The predicted molar refractivity (Wildman–Crippen MR) is 70.7 cm³/mol. The number of rotatable bonds is 4. The van der Waals surface area contributed by atoms with Crippen LogP contribution in [0.15, 0.2) is 28.8 Å². The van der Waals surface area contributed by atoms with Crippen molar-refractivity contribution in [3.63, 3.8) is 0 Å². The molecule has 106 valence electrons. The Hall–Kier alpha value is -2.37. The van der Waals surface area contributed by atoms with Gasteiger partial charge in [0.15, 0.2) is 12.4 Å². The summed E-state index contributed by atoms with van der Waals surface area (Å²) < 4.78 is 10.6. The van der Waals surface area contributed by atoms with Crippen molar-refractivity contribution < 1.29 is 19.2 Å². The molecule has 2 rings (SSSR count). The van der Waals surface area contributed by atoms with E-state index in [9.17, 15) is 4.79 Å². The molecule has 0 unspecified atom stereocenters. The van der Waals surface area contributed by atoms with E-state index in [1.54, 1.807) is 12.1 Å². The first-order valence-corrected chi connectivity index (χ1v) is 6.15. The molecule has 0 amide bonds. The van der Waals surface area contributed by atoms with Gasteiger partial charge in [-0.25, -0.2) is 4.79 Å². The third-order valence-corrected chi connectivity index (χ3v) is 2.60. The maximum absolute atomic E-state index is 10.7. The van der Waals surface area contributed by atoms with Crippen LogP contribution in [-0.2, 0) is 12.0 Å². The summed E-state index contributed by atoms with van der Waals surface area (Å²) in [6.45, 7) is 6.13. The normalized spacial score (nSPS) is 11.3. The largest absolute Gasteiger partial charge is 0.484 e. The summed E-state index contributed by atoms with van der Waals surface area (Å²) in [5.41, 5.74) is 0.0374. The summed E-state index contributed by atoms with van der Waals surface area (Å²) in [4.78, 5) is 15.0. The third kappa shape index (κ3) is 3.34. The molecule has 0 atom stereocenters. The van der Waals surface area contributed by atoms with Gasteiger partial charge in [0.25, 0.3) is 5.89 Å². The van der Waals surface area contributed by atoms with Crippen molar-refractivity contribution >= 4 is 5.97 Å². The Labute approximate surface area is 116 Å². The molecule has 0 aliphatic rings. The van der Waals surface area contributed by atoms with Crippen LogP contribution >= 0.6 is 0 Å². The Bertz CT molecular complexity index is 596. The monoisotopic (exact) mass is 276 g/mol. The van der Waals surface area contributed by atoms with Crippen molar-refractivity contribution in [1.29, 1.82) is 0 Å². The van der Waals surface area contributed by atoms with Crippen molar-refractivity contribution in [3.05, 3.63) is 41.5 Å². The van der Waals surface area contributed by atoms with E-state index >= 15 is 0 Å². The number of carboxylic acids is 1. The minimum Gasteiger partial charge on any atom is -0.484 e. The number of carboxylic acid groups (broad SMARTS) is 1. The highest BCUT2D eigenvalue weighted by Gasteiger charge is 2.21. The SMILES string of the molecule is CC(C)(C)c1noc(COc2ccc(C(=O)O)cc2)n1. The van der Waals surface area contributed by atoms with Crippen LogP contribution in [0, 0.1) is 0 Å². The van der Waals surface area contributed by atoms with Gasteiger partial charge < -0.3 is 14.4 Å². The maximum atomic E-state index is 10.7. The molecule has 1 N–H and O–H groups in total. The van der Waals surface area contributed by atoms with E-state index in [0.29, 0.717) is 17.5 Å². The molecule has 0 spiro atoms. The number of hydrogen-bond acceptors (Lipinski definition) is 5. The van der Waals surface area contributed by atoms with Gasteiger partial charge in [0.1, 0.15) is 5.75 Å². The van der Waals surface area contributed by atoms with Crippen LogP contribution in [0.4, 0.5) is 0 Å². The van der Waals surface area contributed by atoms with E-state index in [4.69, 9.17) is 14.4 Å². The van der Waals surface area contributed by atoms with Crippen LogP contribution in [0.1, 0.15) is 42.8 Å². The van der Waals surface area contributed by atoms with Crippen LogP contribution < -0.4 is 4.74 Å². The molecular weight excluding hydrogens is 260 g/mol. The van der Waals surface area contributed by atoms with Gasteiger partial charge in [0, 0.05) is 5.41 Å². The molecule has 0 bridgehead atoms. The van der Waals surface area contributed by atoms with Gasteiger partial charge in [-0.2, -0.15) is 4.98 Å². The number of carbonyl (C=O) groups is 1. The van der Waals surface area contributed by atoms with E-state index in [-0.39, 0.29) is 17.6 Å². The van der Waals surface area contributed by atoms with Gasteiger partial charge in [-0.15, -0.1) is 0 Å². The van der Waals surface area contributed by atoms with Crippen LogP contribution in [-0.4, -0.2) is 21.2 Å². The molecule has 0 aliphatic carbocycles. The van der Waals surface area contributed by atoms with E-state index < -0.39 is 5.97 Å². The molecule has 0 fully saturated rings. The van der Waals surface area contributed by atoms with Crippen molar-refractivity contribution in [3.8, 4) is 5.75 Å². The maximum Gasteiger partial charge on any atom is 0.335 e. The highest BCUT2D eigenvalue weighted by molar-refractivity contribution is 5.87. The van der Waals surface area contributed by atoms with E-state index in [1.807, 2.05) is 20.8 Å². The molecule has 1 aromatic carbocycles. The molecular formula is C14H16N2O4. The predicted octanol–water partition coefficient (Wildman–Crippen LogP) is 2.64. The smallest absolute Gasteiger partial charge is 0.335 e. The quantitative estimate of drug-likeness (QED) is 0.923. The fraction of sp³-hybridized carbons (Fsp3) is 0.357. The third-order valence-electron chi connectivity index (χ3n) is 2.60. The summed E-state index contributed by atoms with van der Waals surface area (Å²) in [7, 11) is 0. The lowest BCUT2D eigenvalue weighted by Crippen LogP contribution is -2.13. The van der Waals surface area contributed by atoms with Crippen molar-refractivity contribution in [2.45, 2.75) is 32.8 Å². The van der Waals surface area contributed by atoms with E-state index in [2.05, 4.69) is 10.1 Å². The lowest BCUT2D eigenvalue weighted by molar-refractivity contribution is 0.0697. The number of aromatic nitrogens is 2. The first-order chi connectivity index (χ1) is 9.36. The van der Waals surface area contributed by atoms with Gasteiger partial charge in [0.2, 0.25) is 0 Å². The number of aromatic carboxylic acids is 1. The number of hydrogen-bond donors (Lipinski definition) is 1. The molecule has 1 heterocycles. The van der Waals surface area contributed by atoms with Crippen LogP contribution in [0.3, 0.4) is 0 Å². The minimum atomic E-state index is -0.969. The van der Waals surface area contributed by atoms with Crippen LogP contribution in [0.25, 0.3) is 0 Å². The molecule has 0 radical (unpaired) electrons. The fourth-order valence-corrected chi connectivity index (χ4v) is 1.46. The number of nitrogens with zero attached hydrogens (tertiary/aromatic N) is 2. The molecule has 6 nitrogen and oxygen atoms in total. The molecule has 0 aliphatic heterocycles. The standard InChI is InChI=1S/C14H16N2O4/c1-14(2,3)13-15-11(20-16-13)8-19-10-6-4-9(5-7-10)12(17)18/h4-7H,8H2,1-3H3,(H,17,18). The van der Waals surface area contributed by atoms with Crippen molar-refractivity contribution in [1.82, 2.24) is 10.1 Å². The van der Waals surface area contributed by atoms with Gasteiger partial charge in [-0.05, 0) is 24.3 Å². The van der Waals surface area contributed by atoms with Gasteiger partial charge in [0.05, 0.1) is 5.56 Å². The zero-order chi connectivity index (χ0) is 14.8. The first kappa shape index (κ1) is 14.0. The number of ether oxygens (including phenoxy) is 1. The first-order valence-electron chi connectivity index (χ1n) is 6.15. The lowest BCUT2D eigenvalue weighted by atomic mass is 9.96. The molecule has 1 aromatic heterocycles. The van der Waals surface area contributed by atoms with Gasteiger partial charge in [-0.3, -0.25) is 0 Å². The molecule has 2 aromatic rings. The summed E-state index contributed by atoms with van der Waals surface area (Å²) in [5.74, 6) is 0.586. The molecule has 0 saturated heterocycles. The molecule has 6 heteroatoms. The zero-order valence-electron chi connectivity index (χ0n) is 11.6. The Morgan fingerprint density at radius 1 is 1.30 bits per heavy atom. The highest BCUT2D eigenvalue weighted by atomic mass is 16.5. The summed E-state index contributed by atoms with van der Waals surface area (Å²) >= 11 is 0. The van der Waals surface area contributed by atoms with Crippen molar-refractivity contribution in [2.75, 3.05) is 0 Å². The van der Waals surface area contributed by atoms with Crippen LogP contribution in [0.5, 0.6) is 5.75 Å². The lowest BCUT2D eigenvalue weighted by Gasteiger charge is -2.10. The average molecular weight is 276 g/mol. The Kier molecular flexibility index (Phi) is 3.74. The molecule has 0 saturated carbocycles. The average Bonchev–Trinajstić information content (AvgIpc) is 2.85. The van der Waals surface area contributed by atoms with E-state index in [1.165, 1.54) is 12.1 Å². The summed E-state index contributed by atoms with van der Waals surface area (Å²) in [6, 6.07) is 6.13. The van der Waals surface area contributed by atoms with E-state index in [0.717, 1.165) is 0 Å². The summed E-state index contributed by atoms with van der Waals surface area (Å²) in [6.07, 6.45) is 0. The highest BCUT2D eigenvalue weighted by Crippen LogP contribution is 2.19.